The van der Waals surface area contributed by atoms with E-state index in [1.165, 1.54) is 51.9 Å². The molecule has 19 heavy (non-hydrogen) atoms. The summed E-state index contributed by atoms with van der Waals surface area (Å²) in [5, 5.41) is 3.72. The average molecular weight is 267 g/mol. The van der Waals surface area contributed by atoms with Crippen molar-refractivity contribution in [2.24, 2.45) is 5.92 Å². The van der Waals surface area contributed by atoms with E-state index in [4.69, 9.17) is 0 Å². The number of nitrogens with zero attached hydrogens (tertiary/aromatic N) is 2. The maximum atomic E-state index is 3.72. The molecule has 3 heteroatoms. The van der Waals surface area contributed by atoms with E-state index >= 15 is 0 Å². The highest BCUT2D eigenvalue weighted by molar-refractivity contribution is 4.91. The van der Waals surface area contributed by atoms with Crippen LogP contribution in [0.25, 0.3) is 0 Å². The largest absolute Gasteiger partial charge is 0.314 e. The summed E-state index contributed by atoms with van der Waals surface area (Å²) in [4.78, 5) is 5.21. The van der Waals surface area contributed by atoms with E-state index in [0.717, 1.165) is 18.5 Å². The second kappa shape index (κ2) is 6.55. The number of hydrogen-bond donors (Lipinski definition) is 1. The maximum absolute atomic E-state index is 3.72. The van der Waals surface area contributed by atoms with Gasteiger partial charge in [-0.15, -0.1) is 0 Å². The molecular weight excluding hydrogens is 234 g/mol. The van der Waals surface area contributed by atoms with Crippen LogP contribution in [-0.2, 0) is 0 Å². The van der Waals surface area contributed by atoms with Gasteiger partial charge >= 0.3 is 0 Å². The van der Waals surface area contributed by atoms with Crippen LogP contribution in [0.2, 0.25) is 0 Å². The second-order valence-corrected chi connectivity index (χ2v) is 7.18. The van der Waals surface area contributed by atoms with Crippen molar-refractivity contribution in [3.8, 4) is 0 Å². The summed E-state index contributed by atoms with van der Waals surface area (Å²) in [7, 11) is 2.26. The lowest BCUT2D eigenvalue weighted by Gasteiger charge is -2.47. The lowest BCUT2D eigenvalue weighted by Crippen LogP contribution is -2.59. The highest BCUT2D eigenvalue weighted by Gasteiger charge is 2.33. The lowest BCUT2D eigenvalue weighted by atomic mass is 9.83. The topological polar surface area (TPSA) is 18.5 Å². The molecule has 0 spiro atoms. The molecule has 0 aromatic rings. The quantitative estimate of drug-likeness (QED) is 0.842. The van der Waals surface area contributed by atoms with Crippen molar-refractivity contribution in [2.45, 2.75) is 58.0 Å². The molecule has 0 aromatic heterocycles. The van der Waals surface area contributed by atoms with Crippen LogP contribution in [-0.4, -0.2) is 61.2 Å². The Balaban J connectivity index is 1.88. The molecule has 2 atom stereocenters. The molecule has 1 heterocycles. The normalized spacial score (nSPS) is 33.5. The molecule has 1 saturated carbocycles. The van der Waals surface area contributed by atoms with Gasteiger partial charge in [-0.05, 0) is 46.2 Å². The van der Waals surface area contributed by atoms with E-state index in [9.17, 15) is 0 Å². The van der Waals surface area contributed by atoms with Crippen LogP contribution < -0.4 is 5.32 Å². The summed E-state index contributed by atoms with van der Waals surface area (Å²) in [6, 6.07) is 0.765. The fraction of sp³-hybridized carbons (Fsp3) is 1.00. The van der Waals surface area contributed by atoms with Crippen LogP contribution in [0.1, 0.15) is 46.5 Å². The summed E-state index contributed by atoms with van der Waals surface area (Å²) >= 11 is 0. The summed E-state index contributed by atoms with van der Waals surface area (Å²) < 4.78 is 0. The minimum Gasteiger partial charge on any atom is -0.314 e. The number of piperazine rings is 1. The van der Waals surface area contributed by atoms with Gasteiger partial charge in [0, 0.05) is 37.8 Å². The Morgan fingerprint density at radius 2 is 1.89 bits per heavy atom. The number of rotatable bonds is 4. The third kappa shape index (κ3) is 3.93. The zero-order valence-corrected chi connectivity index (χ0v) is 13.4. The zero-order valence-electron chi connectivity index (χ0n) is 13.4. The molecule has 0 radical (unpaired) electrons. The van der Waals surface area contributed by atoms with Gasteiger partial charge in [-0.2, -0.15) is 0 Å². The van der Waals surface area contributed by atoms with Gasteiger partial charge in [0.15, 0.2) is 0 Å². The monoisotopic (exact) mass is 267 g/mol. The Bertz CT molecular complexity index is 275. The molecule has 2 rings (SSSR count). The van der Waals surface area contributed by atoms with Gasteiger partial charge in [-0.3, -0.25) is 9.80 Å². The molecule has 1 aliphatic heterocycles. The molecule has 1 saturated heterocycles. The molecule has 0 amide bonds. The molecule has 2 aliphatic rings. The first-order valence-corrected chi connectivity index (χ1v) is 8.20. The van der Waals surface area contributed by atoms with Crippen molar-refractivity contribution in [3.05, 3.63) is 0 Å². The fourth-order valence-corrected chi connectivity index (χ4v) is 3.79. The third-order valence-electron chi connectivity index (χ3n) is 5.26. The van der Waals surface area contributed by atoms with Crippen molar-refractivity contribution in [3.63, 3.8) is 0 Å². The predicted molar refractivity (Wildman–Crippen MR) is 82.6 cm³/mol. The van der Waals surface area contributed by atoms with Crippen LogP contribution in [0.15, 0.2) is 0 Å². The van der Waals surface area contributed by atoms with Crippen molar-refractivity contribution >= 4 is 0 Å². The molecule has 1 aliphatic carbocycles. The summed E-state index contributed by atoms with van der Waals surface area (Å²) in [6.07, 6.45) is 5.66. The van der Waals surface area contributed by atoms with Crippen LogP contribution >= 0.6 is 0 Å². The molecule has 112 valence electrons. The summed E-state index contributed by atoms with van der Waals surface area (Å²) in [5.41, 5.74) is 0.334. The average Bonchev–Trinajstić information content (AvgIpc) is 2.36. The van der Waals surface area contributed by atoms with Gasteiger partial charge in [0.1, 0.15) is 0 Å². The SMILES string of the molecule is CCNC1CCCCC1CN1CCN(C)C(C)(C)C1. The number of likely N-dealkylation sites (N-methyl/N-ethyl adjacent to an activating group) is 1. The van der Waals surface area contributed by atoms with E-state index in [1.54, 1.807) is 0 Å². The summed E-state index contributed by atoms with van der Waals surface area (Å²) in [6.45, 7) is 13.1. The van der Waals surface area contributed by atoms with Gasteiger partial charge in [0.25, 0.3) is 0 Å². The van der Waals surface area contributed by atoms with E-state index < -0.39 is 0 Å². The molecule has 2 unspecified atom stereocenters. The number of hydrogen-bond acceptors (Lipinski definition) is 3. The smallest absolute Gasteiger partial charge is 0.0277 e. The Morgan fingerprint density at radius 3 is 2.58 bits per heavy atom. The summed E-state index contributed by atoms with van der Waals surface area (Å²) in [5.74, 6) is 0.868. The molecule has 0 aromatic carbocycles. The second-order valence-electron chi connectivity index (χ2n) is 7.18. The van der Waals surface area contributed by atoms with Crippen LogP contribution in [0.5, 0.6) is 0 Å². The van der Waals surface area contributed by atoms with Crippen molar-refractivity contribution in [2.75, 3.05) is 39.8 Å². The lowest BCUT2D eigenvalue weighted by molar-refractivity contribution is 0.0252. The molecule has 3 nitrogen and oxygen atoms in total. The van der Waals surface area contributed by atoms with Crippen molar-refractivity contribution in [1.29, 1.82) is 0 Å². The van der Waals surface area contributed by atoms with Crippen LogP contribution in [0.3, 0.4) is 0 Å². The Morgan fingerprint density at radius 1 is 1.16 bits per heavy atom. The molecular formula is C16H33N3. The van der Waals surface area contributed by atoms with Gasteiger partial charge in [-0.25, -0.2) is 0 Å². The van der Waals surface area contributed by atoms with E-state index in [-0.39, 0.29) is 0 Å². The maximum Gasteiger partial charge on any atom is 0.0277 e. The van der Waals surface area contributed by atoms with E-state index in [2.05, 4.69) is 42.9 Å². The van der Waals surface area contributed by atoms with Gasteiger partial charge in [0.2, 0.25) is 0 Å². The minimum atomic E-state index is 0.334. The fourth-order valence-electron chi connectivity index (χ4n) is 3.79. The molecule has 0 bridgehead atoms. The Kier molecular flexibility index (Phi) is 5.27. The minimum absolute atomic E-state index is 0.334. The Labute approximate surface area is 119 Å². The first-order valence-electron chi connectivity index (χ1n) is 8.20. The highest BCUT2D eigenvalue weighted by Crippen LogP contribution is 2.27. The van der Waals surface area contributed by atoms with Crippen molar-refractivity contribution < 1.29 is 0 Å². The highest BCUT2D eigenvalue weighted by atomic mass is 15.3. The predicted octanol–water partition coefficient (Wildman–Crippen LogP) is 2.18. The van der Waals surface area contributed by atoms with Gasteiger partial charge in [0.05, 0.1) is 0 Å². The van der Waals surface area contributed by atoms with Gasteiger partial charge in [-0.1, -0.05) is 19.8 Å². The zero-order chi connectivity index (χ0) is 13.9. The molecule has 2 fully saturated rings. The van der Waals surface area contributed by atoms with Crippen LogP contribution in [0.4, 0.5) is 0 Å². The van der Waals surface area contributed by atoms with E-state index in [0.29, 0.717) is 5.54 Å². The third-order valence-corrected chi connectivity index (χ3v) is 5.26. The number of nitrogens with one attached hydrogen (secondary N) is 1. The standard InChI is InChI=1S/C16H33N3/c1-5-17-15-9-7-6-8-14(15)12-19-11-10-18(4)16(2,3)13-19/h14-15,17H,5-13H2,1-4H3. The molecule has 1 N–H and O–H groups in total. The Hall–Kier alpha value is -0.120. The van der Waals surface area contributed by atoms with Crippen molar-refractivity contribution in [1.82, 2.24) is 15.1 Å². The first kappa shape index (κ1) is 15.3. The van der Waals surface area contributed by atoms with Crippen LogP contribution in [0, 0.1) is 5.92 Å². The van der Waals surface area contributed by atoms with E-state index in [1.807, 2.05) is 0 Å². The first-order chi connectivity index (χ1) is 9.03. The van der Waals surface area contributed by atoms with Gasteiger partial charge < -0.3 is 5.32 Å².